The van der Waals surface area contributed by atoms with Crippen molar-refractivity contribution in [3.8, 4) is 34.5 Å². The van der Waals surface area contributed by atoms with E-state index in [1.807, 2.05) is 72.8 Å². The van der Waals surface area contributed by atoms with Crippen molar-refractivity contribution in [3.05, 3.63) is 237 Å². The Bertz CT molecular complexity index is 3030. The van der Waals surface area contributed by atoms with Gasteiger partial charge in [0.25, 0.3) is 0 Å². The van der Waals surface area contributed by atoms with Crippen molar-refractivity contribution in [2.75, 3.05) is 0 Å². The van der Waals surface area contributed by atoms with Crippen LogP contribution in [0.25, 0.3) is 0 Å². The molecule has 0 heterocycles. The molecule has 0 bridgehead atoms. The molecular formula is C66H57O12Sb3. The van der Waals surface area contributed by atoms with Crippen LogP contribution in [0.4, 0.5) is 0 Å². The van der Waals surface area contributed by atoms with E-state index in [9.17, 15) is 28.8 Å². The second kappa shape index (κ2) is 27.6. The quantitative estimate of drug-likeness (QED) is 0.0352. The van der Waals surface area contributed by atoms with E-state index >= 15 is 0 Å². The molecule has 12 nitrogen and oxygen atoms in total. The number of rotatable bonds is 21. The van der Waals surface area contributed by atoms with E-state index in [4.69, 9.17) is 28.4 Å². The van der Waals surface area contributed by atoms with Gasteiger partial charge >= 0.3 is 498 Å². The third-order valence-electron chi connectivity index (χ3n) is 11.6. The fourth-order valence-corrected chi connectivity index (χ4v) is 30.1. The molecular weight excluding hydrogens is 1350 g/mol. The Morgan fingerprint density at radius 1 is 0.235 bits per heavy atom. The van der Waals surface area contributed by atoms with Gasteiger partial charge in [-0.05, 0) is 0 Å². The fraction of sp³-hybridized carbons (Fsp3) is 0.0909. The van der Waals surface area contributed by atoms with E-state index in [1.165, 1.54) is 0 Å². The summed E-state index contributed by atoms with van der Waals surface area (Å²) in [5.74, 6) is -1.26. The molecule has 408 valence electrons. The van der Waals surface area contributed by atoms with Crippen molar-refractivity contribution in [2.45, 2.75) is 41.5 Å². The first-order valence-electron chi connectivity index (χ1n) is 25.0. The molecule has 0 saturated heterocycles. The monoisotopic (exact) mass is 1400 g/mol. The number of hydrogen-bond donors (Lipinski definition) is 0. The fourth-order valence-electron chi connectivity index (χ4n) is 7.45. The van der Waals surface area contributed by atoms with Crippen molar-refractivity contribution >= 4 is 128 Å². The van der Waals surface area contributed by atoms with Crippen LogP contribution in [0.3, 0.4) is 0 Å². The van der Waals surface area contributed by atoms with Crippen LogP contribution < -0.4 is 60.0 Å². The zero-order chi connectivity index (χ0) is 58.7. The summed E-state index contributed by atoms with van der Waals surface area (Å²) in [4.78, 5) is 76.3. The second-order valence-electron chi connectivity index (χ2n) is 18.7. The van der Waals surface area contributed by atoms with Gasteiger partial charge in [0.2, 0.25) is 0 Å². The summed E-state index contributed by atoms with van der Waals surface area (Å²) in [5, 5.41) is 0. The topological polar surface area (TPSA) is 158 Å². The van der Waals surface area contributed by atoms with Crippen molar-refractivity contribution < 1.29 is 57.2 Å². The van der Waals surface area contributed by atoms with E-state index in [-0.39, 0.29) is 33.4 Å². The number of benzene rings is 7. The maximum absolute atomic E-state index is 12.7. The summed E-state index contributed by atoms with van der Waals surface area (Å²) in [5.41, 5.74) is 1.51. The zero-order valence-corrected chi connectivity index (χ0v) is 53.2. The predicted molar refractivity (Wildman–Crippen MR) is 322 cm³/mol. The summed E-state index contributed by atoms with van der Waals surface area (Å²) >= 11 is -9.94. The minimum atomic E-state index is -3.31. The van der Waals surface area contributed by atoms with Gasteiger partial charge in [-0.15, -0.1) is 0 Å². The molecule has 0 spiro atoms. The van der Waals surface area contributed by atoms with Gasteiger partial charge in [-0.1, -0.05) is 0 Å². The molecule has 0 atom stereocenters. The number of hydrogen-bond acceptors (Lipinski definition) is 12. The van der Waals surface area contributed by atoms with E-state index in [0.717, 1.165) is 31.6 Å². The van der Waals surface area contributed by atoms with Crippen LogP contribution in [0.2, 0.25) is 0 Å². The van der Waals surface area contributed by atoms with Crippen LogP contribution in [0.1, 0.15) is 41.5 Å². The standard InChI is InChI=1S/6C10H9O2.C6H3.3Sb/c6*1-8(2)10(11)12-9-6-4-3-5-7-9;1-2-4-6-5-3-1;;;/h6*4-7H,1H2,2H3;1,4-5H;;;. The molecule has 0 unspecified atom stereocenters. The Morgan fingerprint density at radius 3 is 0.469 bits per heavy atom. The van der Waals surface area contributed by atoms with Crippen LogP contribution in [0.15, 0.2) is 237 Å². The minimum absolute atomic E-state index is 0.251. The number of esters is 6. The molecule has 7 rings (SSSR count). The molecule has 0 fully saturated rings. The average molecular weight is 1410 g/mol. The molecule has 0 saturated carbocycles. The zero-order valence-electron chi connectivity index (χ0n) is 45.6. The van der Waals surface area contributed by atoms with E-state index < -0.39 is 96.4 Å². The molecule has 7 aromatic rings. The molecule has 0 radical (unpaired) electrons. The van der Waals surface area contributed by atoms with E-state index in [0.29, 0.717) is 34.5 Å². The molecule has 0 aliphatic heterocycles. The normalized spacial score (nSPS) is 10.8. The third kappa shape index (κ3) is 16.2. The first-order chi connectivity index (χ1) is 38.5. The summed E-state index contributed by atoms with van der Waals surface area (Å²) < 4.78 is 43.3. The van der Waals surface area contributed by atoms with Gasteiger partial charge in [-0.3, -0.25) is 0 Å². The van der Waals surface area contributed by atoms with Crippen LogP contribution in [-0.2, 0) is 28.8 Å². The van der Waals surface area contributed by atoms with Gasteiger partial charge in [0.05, 0.1) is 0 Å². The third-order valence-corrected chi connectivity index (χ3v) is 32.2. The van der Waals surface area contributed by atoms with Gasteiger partial charge < -0.3 is 0 Å². The maximum atomic E-state index is 12.7. The van der Waals surface area contributed by atoms with Gasteiger partial charge in [-0.2, -0.15) is 0 Å². The van der Waals surface area contributed by atoms with Gasteiger partial charge in [-0.25, -0.2) is 0 Å². The van der Waals surface area contributed by atoms with Gasteiger partial charge in [0.1, 0.15) is 0 Å². The SMILES string of the molecule is C=C(C)C(=O)Oc1cc[c]([Sb]([c]2ccc(OC(=O)C(=C)C)cc2)[c]2c[c]([Sb]([c]3ccc(OC(=O)C(=C)C)cc3)[c]3ccc(OC(=O)C(=C)C)cc3)c[c]([Sb]([c]3ccc(OC(=O)C(=C)C)cc3)[c]3ccc(OC(=O)C(=C)C)cc3)c2)cc1. The molecule has 0 amide bonds. The van der Waals surface area contributed by atoms with Crippen LogP contribution in [0.5, 0.6) is 34.5 Å². The van der Waals surface area contributed by atoms with Crippen LogP contribution in [0, 0.1) is 0 Å². The molecule has 7 aromatic carbocycles. The van der Waals surface area contributed by atoms with Gasteiger partial charge in [0, 0.05) is 0 Å². The molecule has 15 heteroatoms. The van der Waals surface area contributed by atoms with Crippen LogP contribution in [-0.4, -0.2) is 96.4 Å². The van der Waals surface area contributed by atoms with E-state index in [1.54, 1.807) is 114 Å². The Hall–Kier alpha value is -7.75. The molecule has 0 aromatic heterocycles. The Kier molecular flexibility index (Phi) is 20.8. The number of ether oxygens (including phenoxy) is 6. The Balaban J connectivity index is 1.54. The number of carbonyl (C=O) groups is 6. The first kappa shape index (κ1) is 60.9. The molecule has 0 N–H and O–H groups in total. The molecule has 0 aliphatic rings. The summed E-state index contributed by atoms with van der Waals surface area (Å²) in [6.45, 7) is 32.0. The van der Waals surface area contributed by atoms with Crippen LogP contribution >= 0.6 is 0 Å². The van der Waals surface area contributed by atoms with Crippen molar-refractivity contribution in [1.29, 1.82) is 0 Å². The van der Waals surface area contributed by atoms with Crippen molar-refractivity contribution in [3.63, 3.8) is 0 Å². The summed E-state index contributed by atoms with van der Waals surface area (Å²) in [7, 11) is 0. The predicted octanol–water partition coefficient (Wildman–Crippen LogP) is 6.12. The van der Waals surface area contributed by atoms with Gasteiger partial charge in [0.15, 0.2) is 0 Å². The second-order valence-corrected chi connectivity index (χ2v) is 37.7. The van der Waals surface area contributed by atoms with Crippen molar-refractivity contribution in [1.82, 2.24) is 0 Å². The molecule has 81 heavy (non-hydrogen) atoms. The molecule has 0 aliphatic carbocycles. The first-order valence-corrected chi connectivity index (χ1v) is 36.5. The number of carbonyl (C=O) groups excluding carboxylic acids is 6. The summed E-state index contributed by atoms with van der Waals surface area (Å²) in [6.07, 6.45) is 0. The Labute approximate surface area is 493 Å². The average Bonchev–Trinajstić information content (AvgIpc) is 3.56. The summed E-state index contributed by atoms with van der Waals surface area (Å²) in [6, 6.07) is 51.9. The van der Waals surface area contributed by atoms with E-state index in [2.05, 4.69) is 57.7 Å². The van der Waals surface area contributed by atoms with Crippen molar-refractivity contribution in [2.24, 2.45) is 0 Å². The Morgan fingerprint density at radius 2 is 0.358 bits per heavy atom.